The molecular formula is C33H37F3N4O3. The van der Waals surface area contributed by atoms with Gasteiger partial charge in [-0.15, -0.1) is 0 Å². The number of carbonyl (C=O) groups is 3. The van der Waals surface area contributed by atoms with Crippen molar-refractivity contribution in [1.82, 2.24) is 10.2 Å². The molecule has 0 spiro atoms. The molecular weight excluding hydrogens is 557 g/mol. The minimum absolute atomic E-state index is 0.0242. The number of anilines is 1. The van der Waals surface area contributed by atoms with Crippen LogP contribution in [-0.2, 0) is 11.2 Å². The molecule has 10 heteroatoms. The first-order valence-corrected chi connectivity index (χ1v) is 14.2. The van der Waals surface area contributed by atoms with Gasteiger partial charge in [0.15, 0.2) is 11.6 Å². The molecule has 7 nitrogen and oxygen atoms in total. The number of hydrogen-bond acceptors (Lipinski definition) is 4. The quantitative estimate of drug-likeness (QED) is 0.211. The van der Waals surface area contributed by atoms with Gasteiger partial charge in [-0.2, -0.15) is 0 Å². The maximum Gasteiger partial charge on any atom is 0.253 e. The van der Waals surface area contributed by atoms with Gasteiger partial charge >= 0.3 is 0 Å². The van der Waals surface area contributed by atoms with Gasteiger partial charge < -0.3 is 21.3 Å². The lowest BCUT2D eigenvalue weighted by Gasteiger charge is -2.26. The second kappa shape index (κ2) is 15.7. The van der Waals surface area contributed by atoms with Crippen molar-refractivity contribution in [1.29, 1.82) is 0 Å². The van der Waals surface area contributed by atoms with Crippen molar-refractivity contribution in [3.63, 3.8) is 0 Å². The van der Waals surface area contributed by atoms with Crippen LogP contribution in [0.4, 0.5) is 18.9 Å². The number of nitrogens with zero attached hydrogens (tertiary/aromatic N) is 1. The van der Waals surface area contributed by atoms with E-state index in [1.165, 1.54) is 36.4 Å². The van der Waals surface area contributed by atoms with Crippen LogP contribution in [0, 0.1) is 17.5 Å². The van der Waals surface area contributed by atoms with E-state index in [1.807, 2.05) is 13.8 Å². The monoisotopic (exact) mass is 594 g/mol. The van der Waals surface area contributed by atoms with E-state index in [0.717, 1.165) is 25.0 Å². The smallest absolute Gasteiger partial charge is 0.253 e. The van der Waals surface area contributed by atoms with Crippen LogP contribution in [0.1, 0.15) is 59.4 Å². The first kappa shape index (κ1) is 33.1. The molecule has 0 bridgehead atoms. The van der Waals surface area contributed by atoms with Gasteiger partial charge in [0.1, 0.15) is 5.82 Å². The molecule has 0 aromatic heterocycles. The average molecular weight is 595 g/mol. The van der Waals surface area contributed by atoms with Crippen LogP contribution in [0.2, 0.25) is 0 Å². The molecule has 0 saturated heterocycles. The molecule has 3 rings (SSSR count). The number of nitrogens with two attached hydrogens (primary N) is 1. The molecule has 0 aliphatic rings. The molecule has 0 fully saturated rings. The highest BCUT2D eigenvalue weighted by Gasteiger charge is 2.25. The van der Waals surface area contributed by atoms with E-state index < -0.39 is 41.3 Å². The number of benzene rings is 3. The summed E-state index contributed by atoms with van der Waals surface area (Å²) >= 11 is 0. The zero-order valence-corrected chi connectivity index (χ0v) is 24.3. The summed E-state index contributed by atoms with van der Waals surface area (Å²) in [4.78, 5) is 41.0. The summed E-state index contributed by atoms with van der Waals surface area (Å²) in [6, 6.07) is 13.2. The Labute approximate surface area is 250 Å². The van der Waals surface area contributed by atoms with Crippen LogP contribution in [0.3, 0.4) is 0 Å². The van der Waals surface area contributed by atoms with E-state index in [4.69, 9.17) is 5.73 Å². The van der Waals surface area contributed by atoms with Crippen molar-refractivity contribution in [2.24, 2.45) is 5.73 Å². The fraction of sp³-hybridized carbons (Fsp3) is 0.303. The van der Waals surface area contributed by atoms with Crippen molar-refractivity contribution in [3.8, 4) is 0 Å². The lowest BCUT2D eigenvalue weighted by molar-refractivity contribution is -0.113. The molecule has 0 unspecified atom stereocenters. The molecule has 3 aromatic rings. The summed E-state index contributed by atoms with van der Waals surface area (Å²) in [6.07, 6.45) is 1.56. The largest absolute Gasteiger partial charge is 0.347 e. The van der Waals surface area contributed by atoms with Crippen LogP contribution in [-0.4, -0.2) is 47.8 Å². The Morgan fingerprint density at radius 3 is 2.16 bits per heavy atom. The maximum absolute atomic E-state index is 14.0. The number of halogens is 3. The van der Waals surface area contributed by atoms with Gasteiger partial charge in [-0.25, -0.2) is 13.2 Å². The van der Waals surface area contributed by atoms with Gasteiger partial charge in [0.2, 0.25) is 0 Å². The molecule has 0 aliphatic carbocycles. The molecule has 4 N–H and O–H groups in total. The SMILES string of the molecule is C=C(C[C@H](N)[C@H](Cc1ccc(F)c(F)c1)NC(=O)c1cccc(C(=O)N(CCC)CCC)c1)C(=O)Nc1ccc(F)cc1. The predicted octanol–water partition coefficient (Wildman–Crippen LogP) is 5.62. The minimum Gasteiger partial charge on any atom is -0.347 e. The molecule has 2 atom stereocenters. The predicted molar refractivity (Wildman–Crippen MR) is 161 cm³/mol. The van der Waals surface area contributed by atoms with Gasteiger partial charge in [-0.05, 0) is 85.8 Å². The van der Waals surface area contributed by atoms with Crippen LogP contribution in [0.15, 0.2) is 78.9 Å². The van der Waals surface area contributed by atoms with E-state index in [0.29, 0.717) is 29.9 Å². The van der Waals surface area contributed by atoms with E-state index in [1.54, 1.807) is 23.1 Å². The van der Waals surface area contributed by atoms with Crippen LogP contribution in [0.5, 0.6) is 0 Å². The molecule has 3 amide bonds. The fourth-order valence-corrected chi connectivity index (χ4v) is 4.58. The Hall–Kier alpha value is -4.44. The van der Waals surface area contributed by atoms with E-state index in [2.05, 4.69) is 17.2 Å². The Kier molecular flexibility index (Phi) is 12.1. The first-order valence-electron chi connectivity index (χ1n) is 14.2. The number of nitrogens with one attached hydrogen (secondary N) is 2. The van der Waals surface area contributed by atoms with Gasteiger partial charge in [0, 0.05) is 47.6 Å². The number of amides is 3. The highest BCUT2D eigenvalue weighted by atomic mass is 19.2. The normalized spacial score (nSPS) is 12.2. The topological polar surface area (TPSA) is 105 Å². The molecule has 228 valence electrons. The molecule has 43 heavy (non-hydrogen) atoms. The Morgan fingerprint density at radius 2 is 1.53 bits per heavy atom. The Balaban J connectivity index is 1.80. The fourth-order valence-electron chi connectivity index (χ4n) is 4.58. The lowest BCUT2D eigenvalue weighted by atomic mass is 9.94. The zero-order chi connectivity index (χ0) is 31.5. The highest BCUT2D eigenvalue weighted by Crippen LogP contribution is 2.17. The number of carbonyl (C=O) groups excluding carboxylic acids is 3. The van der Waals surface area contributed by atoms with Gasteiger partial charge in [0.25, 0.3) is 17.7 Å². The summed E-state index contributed by atoms with van der Waals surface area (Å²) < 4.78 is 40.8. The van der Waals surface area contributed by atoms with Crippen molar-refractivity contribution >= 4 is 23.4 Å². The average Bonchev–Trinajstić information content (AvgIpc) is 2.99. The van der Waals surface area contributed by atoms with E-state index in [9.17, 15) is 27.6 Å². The number of hydrogen-bond donors (Lipinski definition) is 3. The minimum atomic E-state index is -1.05. The summed E-state index contributed by atoms with van der Waals surface area (Å²) in [7, 11) is 0. The van der Waals surface area contributed by atoms with Gasteiger partial charge in [-0.3, -0.25) is 14.4 Å². The van der Waals surface area contributed by atoms with Crippen LogP contribution < -0.4 is 16.4 Å². The Bertz CT molecular complexity index is 1440. The maximum atomic E-state index is 14.0. The standard InChI is InChI=1S/C33H37F3N4O3/c1-4-15-40(16-5-2)33(43)24-8-6-7-23(20-24)32(42)39-30(19-22-9-14-27(35)28(36)18-22)29(37)17-21(3)31(41)38-26-12-10-25(34)11-13-26/h6-14,18,20,29-30H,3-5,15-17,19,37H2,1-2H3,(H,38,41)(H,39,42)/t29-,30-/m0/s1. The Morgan fingerprint density at radius 1 is 0.884 bits per heavy atom. The van der Waals surface area contributed by atoms with Crippen molar-refractivity contribution in [2.75, 3.05) is 18.4 Å². The molecule has 0 heterocycles. The molecule has 0 saturated carbocycles. The lowest BCUT2D eigenvalue weighted by Crippen LogP contribution is -2.49. The summed E-state index contributed by atoms with van der Waals surface area (Å²) in [5.74, 6) is -3.78. The van der Waals surface area contributed by atoms with Crippen molar-refractivity contribution < 1.29 is 27.6 Å². The third kappa shape index (κ3) is 9.54. The highest BCUT2D eigenvalue weighted by molar-refractivity contribution is 6.03. The molecule has 0 radical (unpaired) electrons. The second-order valence-corrected chi connectivity index (χ2v) is 10.3. The summed E-state index contributed by atoms with van der Waals surface area (Å²) in [5.41, 5.74) is 7.88. The molecule has 3 aromatic carbocycles. The van der Waals surface area contributed by atoms with Crippen LogP contribution in [0.25, 0.3) is 0 Å². The van der Waals surface area contributed by atoms with Crippen molar-refractivity contribution in [2.45, 2.75) is 51.6 Å². The van der Waals surface area contributed by atoms with Gasteiger partial charge in [-0.1, -0.05) is 32.6 Å². The van der Waals surface area contributed by atoms with E-state index >= 15 is 0 Å². The van der Waals surface area contributed by atoms with Gasteiger partial charge in [0.05, 0.1) is 0 Å². The zero-order valence-electron chi connectivity index (χ0n) is 24.3. The number of rotatable bonds is 14. The third-order valence-electron chi connectivity index (χ3n) is 6.82. The van der Waals surface area contributed by atoms with Crippen molar-refractivity contribution in [3.05, 3.63) is 113 Å². The second-order valence-electron chi connectivity index (χ2n) is 10.3. The summed E-state index contributed by atoms with van der Waals surface area (Å²) in [5, 5.41) is 5.45. The summed E-state index contributed by atoms with van der Waals surface area (Å²) in [6.45, 7) is 8.95. The molecule has 0 aliphatic heterocycles. The third-order valence-corrected chi connectivity index (χ3v) is 6.82. The first-order chi connectivity index (χ1) is 20.5. The van der Waals surface area contributed by atoms with E-state index in [-0.39, 0.29) is 29.9 Å². The van der Waals surface area contributed by atoms with Crippen LogP contribution >= 0.6 is 0 Å².